The van der Waals surface area contributed by atoms with Crippen molar-refractivity contribution in [2.24, 2.45) is 0 Å². The van der Waals surface area contributed by atoms with Crippen LogP contribution < -0.4 is 0 Å². The Morgan fingerprint density at radius 3 is 2.00 bits per heavy atom. The molecular weight excluding hydrogens is 569 g/mol. The molecule has 226 valence electrons. The van der Waals surface area contributed by atoms with Crippen LogP contribution in [0.4, 0.5) is 39.5 Å². The van der Waals surface area contributed by atoms with Gasteiger partial charge >= 0.3 is 12.4 Å². The second-order valence-electron chi connectivity index (χ2n) is 10.4. The van der Waals surface area contributed by atoms with Crippen LogP contribution in [-0.4, -0.2) is 83.5 Å². The largest absolute Gasteiger partial charge is 0.505 e. The third-order valence-electron chi connectivity index (χ3n) is 7.46. The first kappa shape index (κ1) is 30.9. The number of carbonyl (C=O) groups excluding carboxylic acids is 1. The molecule has 0 unspecified atom stereocenters. The van der Waals surface area contributed by atoms with E-state index in [1.807, 2.05) is 9.80 Å². The van der Waals surface area contributed by atoms with Crippen LogP contribution in [-0.2, 0) is 18.8 Å². The van der Waals surface area contributed by atoms with Crippen molar-refractivity contribution in [2.75, 3.05) is 45.8 Å². The zero-order chi connectivity index (χ0) is 30.2. The fourth-order valence-corrected chi connectivity index (χ4v) is 5.15. The molecule has 0 aliphatic carbocycles. The molecule has 2 heterocycles. The number of amides is 1. The summed E-state index contributed by atoms with van der Waals surface area (Å²) in [4.78, 5) is 18.4. The first-order chi connectivity index (χ1) is 19.0. The Labute approximate surface area is 230 Å². The number of halogens is 9. The van der Waals surface area contributed by atoms with Crippen molar-refractivity contribution in [2.45, 2.75) is 43.6 Å². The number of phenolic OH excluding ortho intramolecular Hbond substituents is 1. The highest BCUT2D eigenvalue weighted by Crippen LogP contribution is 2.37. The molecule has 2 aromatic carbocycles. The van der Waals surface area contributed by atoms with Gasteiger partial charge in [0.2, 0.25) is 0 Å². The van der Waals surface area contributed by atoms with Crippen molar-refractivity contribution < 1.29 is 49.4 Å². The molecule has 0 aromatic heterocycles. The average molecular weight is 598 g/mol. The van der Waals surface area contributed by atoms with Crippen LogP contribution in [0.3, 0.4) is 0 Å². The Morgan fingerprint density at radius 2 is 1.44 bits per heavy atom. The molecule has 2 fully saturated rings. The van der Waals surface area contributed by atoms with Gasteiger partial charge in [0.1, 0.15) is 0 Å². The molecule has 2 aromatic rings. The van der Waals surface area contributed by atoms with E-state index >= 15 is 0 Å². The summed E-state index contributed by atoms with van der Waals surface area (Å²) < 4.78 is 121. The van der Waals surface area contributed by atoms with Crippen LogP contribution in [0.1, 0.15) is 39.9 Å². The van der Waals surface area contributed by atoms with Gasteiger partial charge in [0.25, 0.3) is 11.8 Å². The van der Waals surface area contributed by atoms with Crippen molar-refractivity contribution in [1.29, 1.82) is 0 Å². The molecule has 0 spiro atoms. The summed E-state index contributed by atoms with van der Waals surface area (Å²) in [6.45, 7) is 1.68. The number of piperazine rings is 1. The molecule has 14 heteroatoms. The van der Waals surface area contributed by atoms with E-state index < -0.39 is 58.5 Å². The van der Waals surface area contributed by atoms with Gasteiger partial charge in [0.15, 0.2) is 11.6 Å². The zero-order valence-corrected chi connectivity index (χ0v) is 21.7. The Bertz CT molecular complexity index is 1210. The predicted octanol–water partition coefficient (Wildman–Crippen LogP) is 5.67. The number of rotatable bonds is 6. The smallest absolute Gasteiger partial charge is 0.416 e. The van der Waals surface area contributed by atoms with Crippen molar-refractivity contribution in [3.63, 3.8) is 0 Å². The molecule has 1 atom stereocenters. The van der Waals surface area contributed by atoms with Crippen LogP contribution in [0, 0.1) is 5.82 Å². The van der Waals surface area contributed by atoms with E-state index in [-0.39, 0.29) is 58.1 Å². The van der Waals surface area contributed by atoms with Gasteiger partial charge in [-0.05, 0) is 42.3 Å². The number of piperidine rings is 1. The molecule has 2 aliphatic rings. The van der Waals surface area contributed by atoms with Crippen molar-refractivity contribution in [3.8, 4) is 5.75 Å². The standard InChI is InChI=1S/C27H28F9N3O2/c28-22-2-1-17(12-23(22)40)11-21-16-38(8-7-37-5-3-25(29,30)4-6-37)9-10-39(21)24(41)18-13-19(26(31,32)33)15-20(14-18)27(34,35)36/h1-2,12-15,21,40H,3-11,16H2/t21-/m1/s1. The highest BCUT2D eigenvalue weighted by atomic mass is 19.4. The number of hydrogen-bond acceptors (Lipinski definition) is 4. The summed E-state index contributed by atoms with van der Waals surface area (Å²) in [6, 6.07) is 3.47. The number of alkyl halides is 8. The Hall–Kier alpha value is -3.00. The van der Waals surface area contributed by atoms with Crippen LogP contribution in [0.5, 0.6) is 5.75 Å². The van der Waals surface area contributed by atoms with Gasteiger partial charge in [-0.2, -0.15) is 26.3 Å². The number of aromatic hydroxyl groups is 1. The Morgan fingerprint density at radius 1 is 0.854 bits per heavy atom. The summed E-state index contributed by atoms with van der Waals surface area (Å²) in [5.41, 5.74) is -3.60. The minimum absolute atomic E-state index is 0.0249. The molecule has 4 rings (SSSR count). The number of benzene rings is 2. The minimum atomic E-state index is -5.13. The van der Waals surface area contributed by atoms with E-state index in [9.17, 15) is 49.4 Å². The highest BCUT2D eigenvalue weighted by molar-refractivity contribution is 5.95. The maximum atomic E-state index is 13.6. The summed E-state index contributed by atoms with van der Waals surface area (Å²) in [7, 11) is 0. The van der Waals surface area contributed by atoms with Crippen LogP contribution in [0.2, 0.25) is 0 Å². The van der Waals surface area contributed by atoms with Crippen molar-refractivity contribution >= 4 is 5.91 Å². The topological polar surface area (TPSA) is 47.0 Å². The second-order valence-corrected chi connectivity index (χ2v) is 10.4. The van der Waals surface area contributed by atoms with Gasteiger partial charge in [-0.3, -0.25) is 9.69 Å². The van der Waals surface area contributed by atoms with Gasteiger partial charge in [-0.15, -0.1) is 0 Å². The lowest BCUT2D eigenvalue weighted by molar-refractivity contribution is -0.143. The van der Waals surface area contributed by atoms with E-state index in [0.29, 0.717) is 30.8 Å². The zero-order valence-electron chi connectivity index (χ0n) is 21.7. The van der Waals surface area contributed by atoms with Crippen molar-refractivity contribution in [3.05, 3.63) is 64.5 Å². The van der Waals surface area contributed by atoms with E-state index in [1.54, 1.807) is 0 Å². The van der Waals surface area contributed by atoms with Crippen LogP contribution in [0.25, 0.3) is 0 Å². The first-order valence-electron chi connectivity index (χ1n) is 12.9. The maximum Gasteiger partial charge on any atom is 0.416 e. The second kappa shape index (κ2) is 11.7. The normalized spacial score (nSPS) is 20.8. The van der Waals surface area contributed by atoms with Gasteiger partial charge in [-0.1, -0.05) is 6.07 Å². The molecule has 0 bridgehead atoms. The lowest BCUT2D eigenvalue weighted by atomic mass is 9.98. The Balaban J connectivity index is 1.57. The molecule has 1 amide bonds. The SMILES string of the molecule is O=C(c1cc(C(F)(F)F)cc(C(F)(F)F)c1)N1CCN(CCN2CCC(F)(F)CC2)C[C@H]1Cc1ccc(F)c(O)c1. The number of nitrogens with zero attached hydrogens (tertiary/aromatic N) is 3. The van der Waals surface area contributed by atoms with Gasteiger partial charge in [-0.25, -0.2) is 13.2 Å². The number of likely N-dealkylation sites (tertiary alicyclic amines) is 1. The van der Waals surface area contributed by atoms with E-state index in [4.69, 9.17) is 0 Å². The fraction of sp³-hybridized carbons (Fsp3) is 0.519. The molecule has 41 heavy (non-hydrogen) atoms. The lowest BCUT2D eigenvalue weighted by Gasteiger charge is -2.42. The molecule has 2 saturated heterocycles. The summed E-state index contributed by atoms with van der Waals surface area (Å²) in [5, 5.41) is 9.78. The molecule has 5 nitrogen and oxygen atoms in total. The summed E-state index contributed by atoms with van der Waals surface area (Å²) in [6.07, 6.45) is -10.8. The third kappa shape index (κ3) is 7.85. The Kier molecular flexibility index (Phi) is 8.84. The van der Waals surface area contributed by atoms with E-state index in [2.05, 4.69) is 0 Å². The number of carbonyl (C=O) groups is 1. The first-order valence-corrected chi connectivity index (χ1v) is 12.9. The molecule has 0 radical (unpaired) electrons. The summed E-state index contributed by atoms with van der Waals surface area (Å²) >= 11 is 0. The monoisotopic (exact) mass is 597 g/mol. The molecule has 0 saturated carbocycles. The number of phenols is 1. The predicted molar refractivity (Wildman–Crippen MR) is 130 cm³/mol. The number of hydrogen-bond donors (Lipinski definition) is 1. The fourth-order valence-electron chi connectivity index (χ4n) is 5.15. The lowest BCUT2D eigenvalue weighted by Crippen LogP contribution is -2.57. The third-order valence-corrected chi connectivity index (χ3v) is 7.46. The molecule has 2 aliphatic heterocycles. The van der Waals surface area contributed by atoms with Crippen LogP contribution in [0.15, 0.2) is 36.4 Å². The highest BCUT2D eigenvalue weighted by Gasteiger charge is 2.39. The van der Waals surface area contributed by atoms with Gasteiger partial charge < -0.3 is 14.9 Å². The summed E-state index contributed by atoms with van der Waals surface area (Å²) in [5.74, 6) is -5.27. The molecular formula is C27H28F9N3O2. The molecule has 1 N–H and O–H groups in total. The average Bonchev–Trinajstić information content (AvgIpc) is 2.88. The van der Waals surface area contributed by atoms with Gasteiger partial charge in [0.05, 0.1) is 11.1 Å². The van der Waals surface area contributed by atoms with Crippen LogP contribution >= 0.6 is 0 Å². The van der Waals surface area contributed by atoms with Gasteiger partial charge in [0, 0.05) is 70.3 Å². The van der Waals surface area contributed by atoms with Crippen molar-refractivity contribution in [1.82, 2.24) is 14.7 Å². The minimum Gasteiger partial charge on any atom is -0.505 e. The quantitative estimate of drug-likeness (QED) is 0.437. The van der Waals surface area contributed by atoms with E-state index in [0.717, 1.165) is 12.1 Å². The van der Waals surface area contributed by atoms with E-state index in [1.165, 1.54) is 11.0 Å². The maximum absolute atomic E-state index is 13.6.